The molecule has 1 unspecified atom stereocenters. The molecule has 0 fully saturated rings. The normalized spacial score (nSPS) is 11.8. The van der Waals surface area contributed by atoms with Gasteiger partial charge in [-0.05, 0) is 12.3 Å². The van der Waals surface area contributed by atoms with Crippen LogP contribution in [-0.4, -0.2) is 17.9 Å². The van der Waals surface area contributed by atoms with Crippen LogP contribution in [0.1, 0.15) is 97.8 Å². The summed E-state index contributed by atoms with van der Waals surface area (Å²) in [4.78, 5) is 22.6. The van der Waals surface area contributed by atoms with Crippen LogP contribution in [0.3, 0.4) is 0 Å². The van der Waals surface area contributed by atoms with Gasteiger partial charge in [-0.15, -0.1) is 0 Å². The van der Waals surface area contributed by atoms with E-state index in [1.165, 1.54) is 51.4 Å². The van der Waals surface area contributed by atoms with E-state index >= 15 is 0 Å². The van der Waals surface area contributed by atoms with Crippen LogP contribution in [0.25, 0.3) is 0 Å². The van der Waals surface area contributed by atoms with Crippen LogP contribution in [0.5, 0.6) is 0 Å². The van der Waals surface area contributed by atoms with Crippen molar-refractivity contribution >= 4 is 11.9 Å². The van der Waals surface area contributed by atoms with Gasteiger partial charge in [0.1, 0.15) is 0 Å². The molecule has 1 amide bonds. The molecule has 0 rings (SSSR count). The summed E-state index contributed by atoms with van der Waals surface area (Å²) in [5.74, 6) is -1.53. The van der Waals surface area contributed by atoms with Crippen LogP contribution in [0.2, 0.25) is 0 Å². The van der Waals surface area contributed by atoms with Crippen molar-refractivity contribution in [3.05, 3.63) is 0 Å². The summed E-state index contributed by atoms with van der Waals surface area (Å²) in [5, 5.41) is 13.5. The second-order valence-corrected chi connectivity index (χ2v) is 6.89. The van der Waals surface area contributed by atoms with Gasteiger partial charge in [-0.1, -0.05) is 85.0 Å². The molecule has 4 nitrogen and oxygen atoms in total. The van der Waals surface area contributed by atoms with Crippen molar-refractivity contribution in [3.63, 3.8) is 0 Å². The second-order valence-electron chi connectivity index (χ2n) is 6.89. The Morgan fingerprint density at radius 2 is 1.25 bits per heavy atom. The van der Waals surface area contributed by atoms with Gasteiger partial charge in [-0.25, -0.2) is 0 Å². The number of carbonyl (C=O) groups excluding carboxylic acids is 2. The van der Waals surface area contributed by atoms with E-state index in [2.05, 4.69) is 12.2 Å². The fourth-order valence-corrected chi connectivity index (χ4v) is 2.69. The summed E-state index contributed by atoms with van der Waals surface area (Å²) in [6, 6.07) is -0.879. The van der Waals surface area contributed by atoms with Crippen LogP contribution in [0.4, 0.5) is 0 Å². The summed E-state index contributed by atoms with van der Waals surface area (Å²) in [7, 11) is 0. The number of nitrogens with one attached hydrogen (secondary N) is 1. The number of aliphatic carboxylic acids is 1. The molecule has 0 aliphatic heterocycles. The minimum atomic E-state index is -1.20. The minimum absolute atomic E-state index is 0. The monoisotopic (exact) mass is 349 g/mol. The van der Waals surface area contributed by atoms with Gasteiger partial charge in [0.25, 0.3) is 0 Å². The number of hydrogen-bond acceptors (Lipinski definition) is 3. The average molecular weight is 349 g/mol. The van der Waals surface area contributed by atoms with Crippen LogP contribution in [0, 0.1) is 5.92 Å². The predicted molar refractivity (Wildman–Crippen MR) is 92.9 cm³/mol. The van der Waals surface area contributed by atoms with E-state index in [0.29, 0.717) is 6.42 Å². The average Bonchev–Trinajstić information content (AvgIpc) is 2.49. The maximum Gasteiger partial charge on any atom is 1.00 e. The number of rotatable bonds is 15. The second kappa shape index (κ2) is 17.8. The molecule has 0 aromatic rings. The Kier molecular flexibility index (Phi) is 19.4. The number of unbranched alkanes of at least 4 members (excludes halogenated alkanes) is 10. The van der Waals surface area contributed by atoms with Crippen molar-refractivity contribution in [2.75, 3.05) is 0 Å². The van der Waals surface area contributed by atoms with Gasteiger partial charge in [-0.2, -0.15) is 0 Å². The Balaban J connectivity index is 0. The van der Waals surface area contributed by atoms with Gasteiger partial charge < -0.3 is 15.2 Å². The Labute approximate surface area is 170 Å². The molecule has 0 aliphatic carbocycles. The van der Waals surface area contributed by atoms with Gasteiger partial charge in [-0.3, -0.25) is 4.79 Å². The summed E-state index contributed by atoms with van der Waals surface area (Å²) in [6.45, 7) is 5.77. The molecule has 0 spiro atoms. The quantitative estimate of drug-likeness (QED) is 0.347. The Bertz CT molecular complexity index is 322. The molecule has 1 atom stereocenters. The summed E-state index contributed by atoms with van der Waals surface area (Å²) < 4.78 is 0. The summed E-state index contributed by atoms with van der Waals surface area (Å²) in [6.07, 6.45) is 14.0. The first-order chi connectivity index (χ1) is 11.0. The topological polar surface area (TPSA) is 69.2 Å². The zero-order chi connectivity index (χ0) is 17.5. The van der Waals surface area contributed by atoms with Gasteiger partial charge in [0.15, 0.2) is 0 Å². The molecule has 24 heavy (non-hydrogen) atoms. The zero-order valence-electron chi connectivity index (χ0n) is 16.4. The van der Waals surface area contributed by atoms with E-state index in [1.54, 1.807) is 13.8 Å². The Morgan fingerprint density at radius 3 is 1.62 bits per heavy atom. The fourth-order valence-electron chi connectivity index (χ4n) is 2.69. The number of amides is 1. The van der Waals surface area contributed by atoms with E-state index in [0.717, 1.165) is 19.3 Å². The SMILES string of the molecule is CCCCCCCCCCCCCC(=O)NC(C(=O)[O-])C(C)C.[Na+]. The molecular formula is C19H36NNaO3. The van der Waals surface area contributed by atoms with Crippen LogP contribution in [0.15, 0.2) is 0 Å². The molecule has 0 saturated carbocycles. The van der Waals surface area contributed by atoms with Gasteiger partial charge in [0.05, 0.1) is 12.0 Å². The summed E-state index contributed by atoms with van der Waals surface area (Å²) >= 11 is 0. The molecule has 0 aromatic heterocycles. The fraction of sp³-hybridized carbons (Fsp3) is 0.895. The molecule has 0 heterocycles. The van der Waals surface area contributed by atoms with Crippen molar-refractivity contribution in [2.24, 2.45) is 5.92 Å². The molecule has 0 saturated heterocycles. The Hall–Kier alpha value is -0.0600. The maximum absolute atomic E-state index is 11.7. The van der Waals surface area contributed by atoms with Crippen LogP contribution >= 0.6 is 0 Å². The van der Waals surface area contributed by atoms with Crippen LogP contribution in [-0.2, 0) is 9.59 Å². The van der Waals surface area contributed by atoms with Gasteiger partial charge in [0, 0.05) is 6.42 Å². The summed E-state index contributed by atoms with van der Waals surface area (Å²) in [5.41, 5.74) is 0. The third kappa shape index (κ3) is 15.5. The first-order valence-corrected chi connectivity index (χ1v) is 9.49. The number of carboxylic acids is 1. The van der Waals surface area contributed by atoms with Crippen molar-refractivity contribution in [3.8, 4) is 0 Å². The first kappa shape index (κ1) is 26.2. The Morgan fingerprint density at radius 1 is 0.833 bits per heavy atom. The smallest absolute Gasteiger partial charge is 0.548 e. The van der Waals surface area contributed by atoms with E-state index in [4.69, 9.17) is 0 Å². The number of hydrogen-bond donors (Lipinski definition) is 1. The van der Waals surface area contributed by atoms with Gasteiger partial charge in [0.2, 0.25) is 5.91 Å². The van der Waals surface area contributed by atoms with E-state index < -0.39 is 12.0 Å². The van der Waals surface area contributed by atoms with Gasteiger partial charge >= 0.3 is 29.6 Å². The third-order valence-corrected chi connectivity index (χ3v) is 4.24. The van der Waals surface area contributed by atoms with Crippen molar-refractivity contribution in [2.45, 2.75) is 104 Å². The van der Waals surface area contributed by atoms with E-state index in [-0.39, 0.29) is 41.4 Å². The molecule has 5 heteroatoms. The van der Waals surface area contributed by atoms with Crippen molar-refractivity contribution in [1.29, 1.82) is 0 Å². The molecule has 0 radical (unpaired) electrons. The zero-order valence-corrected chi connectivity index (χ0v) is 18.4. The molecule has 0 aliphatic rings. The van der Waals surface area contributed by atoms with E-state index in [1.807, 2.05) is 0 Å². The molecular weight excluding hydrogens is 313 g/mol. The van der Waals surface area contributed by atoms with Crippen molar-refractivity contribution in [1.82, 2.24) is 5.32 Å². The predicted octanol–water partition coefficient (Wildman–Crippen LogP) is 0.582. The molecule has 1 N–H and O–H groups in total. The number of carboxylic acid groups (broad SMARTS) is 1. The minimum Gasteiger partial charge on any atom is -0.548 e. The standard InChI is InChI=1S/C19H37NO3.Na/c1-4-5-6-7-8-9-10-11-12-13-14-15-17(21)20-18(16(2)3)19(22)23;/h16,18H,4-15H2,1-3H3,(H,20,21)(H,22,23);/q;+1/p-1. The first-order valence-electron chi connectivity index (χ1n) is 9.49. The molecule has 136 valence electrons. The molecule has 0 bridgehead atoms. The van der Waals surface area contributed by atoms with E-state index in [9.17, 15) is 14.7 Å². The maximum atomic E-state index is 11.7. The largest absolute Gasteiger partial charge is 1.00 e. The molecule has 0 aromatic carbocycles. The van der Waals surface area contributed by atoms with Crippen molar-refractivity contribution < 1.29 is 44.3 Å². The van der Waals surface area contributed by atoms with Crippen LogP contribution < -0.4 is 40.0 Å². The number of carbonyl (C=O) groups is 2. The third-order valence-electron chi connectivity index (χ3n) is 4.24.